The molecule has 8 heteroatoms. The summed E-state index contributed by atoms with van der Waals surface area (Å²) in [4.78, 5) is 15.4. The lowest BCUT2D eigenvalue weighted by atomic mass is 10.0. The molecule has 0 spiro atoms. The van der Waals surface area contributed by atoms with Crippen LogP contribution in [0.2, 0.25) is 5.02 Å². The van der Waals surface area contributed by atoms with Gasteiger partial charge >= 0.3 is 0 Å². The molecule has 2 heterocycles. The van der Waals surface area contributed by atoms with Crippen molar-refractivity contribution in [2.75, 3.05) is 39.3 Å². The van der Waals surface area contributed by atoms with E-state index in [2.05, 4.69) is 10.2 Å². The Labute approximate surface area is 195 Å². The lowest BCUT2D eigenvalue weighted by Gasteiger charge is -2.29. The molecule has 0 aliphatic carbocycles. The van der Waals surface area contributed by atoms with E-state index in [9.17, 15) is 13.2 Å². The highest BCUT2D eigenvalue weighted by Gasteiger charge is 2.27. The first-order valence-electron chi connectivity index (χ1n) is 11.3. The molecule has 2 fully saturated rings. The van der Waals surface area contributed by atoms with E-state index in [4.69, 9.17) is 11.6 Å². The summed E-state index contributed by atoms with van der Waals surface area (Å²) < 4.78 is 26.8. The van der Waals surface area contributed by atoms with E-state index in [0.29, 0.717) is 25.2 Å². The van der Waals surface area contributed by atoms with Crippen LogP contribution >= 0.6 is 11.6 Å². The van der Waals surface area contributed by atoms with Crippen molar-refractivity contribution in [3.63, 3.8) is 0 Å². The number of benzene rings is 2. The summed E-state index contributed by atoms with van der Waals surface area (Å²) in [7, 11) is -3.47. The van der Waals surface area contributed by atoms with Crippen molar-refractivity contribution in [3.8, 4) is 0 Å². The predicted octanol–water partition coefficient (Wildman–Crippen LogP) is 3.73. The topological polar surface area (TPSA) is 69.7 Å². The first-order chi connectivity index (χ1) is 15.5. The number of halogens is 1. The van der Waals surface area contributed by atoms with Crippen molar-refractivity contribution in [3.05, 3.63) is 64.7 Å². The van der Waals surface area contributed by atoms with Gasteiger partial charge in [-0.1, -0.05) is 41.9 Å². The maximum atomic E-state index is 12.7. The molecule has 1 N–H and O–H groups in total. The second-order valence-corrected chi connectivity index (χ2v) is 10.8. The van der Waals surface area contributed by atoms with Crippen molar-refractivity contribution in [2.24, 2.45) is 0 Å². The fraction of sp³-hybridized carbons (Fsp3) is 0.458. The number of carbonyl (C=O) groups is 1. The zero-order valence-electron chi connectivity index (χ0n) is 18.2. The van der Waals surface area contributed by atoms with Crippen molar-refractivity contribution < 1.29 is 13.2 Å². The van der Waals surface area contributed by atoms with Crippen LogP contribution in [0.15, 0.2) is 53.4 Å². The number of hydrogen-bond donors (Lipinski definition) is 1. The molecule has 2 aromatic carbocycles. The lowest BCUT2D eigenvalue weighted by molar-refractivity contribution is 0.0987. The fourth-order valence-electron chi connectivity index (χ4n) is 4.55. The van der Waals surface area contributed by atoms with Crippen molar-refractivity contribution >= 4 is 27.4 Å². The summed E-state index contributed by atoms with van der Waals surface area (Å²) in [6.45, 7) is 3.99. The largest absolute Gasteiger partial charge is 0.308 e. The smallest absolute Gasteiger partial charge is 0.243 e. The molecule has 1 unspecified atom stereocenters. The Morgan fingerprint density at radius 1 is 0.938 bits per heavy atom. The molecule has 0 saturated carbocycles. The quantitative estimate of drug-likeness (QED) is 0.559. The SMILES string of the molecule is O=C(CNCC(c1ccccc1Cl)N1CCCC1)c1ccc(S(=O)(=O)N2CCCC2)cc1. The maximum Gasteiger partial charge on any atom is 0.243 e. The van der Waals surface area contributed by atoms with Crippen LogP contribution < -0.4 is 5.32 Å². The summed E-state index contributed by atoms with van der Waals surface area (Å²) in [6, 6.07) is 14.3. The van der Waals surface area contributed by atoms with Crippen LogP contribution in [0, 0.1) is 0 Å². The second-order valence-electron chi connectivity index (χ2n) is 8.47. The third-order valence-electron chi connectivity index (χ3n) is 6.35. The Bertz CT molecular complexity index is 1030. The molecule has 0 bridgehead atoms. The predicted molar refractivity (Wildman–Crippen MR) is 127 cm³/mol. The van der Waals surface area contributed by atoms with Crippen molar-refractivity contribution in [1.82, 2.24) is 14.5 Å². The molecular formula is C24H30ClN3O3S. The highest BCUT2D eigenvalue weighted by atomic mass is 35.5. The van der Waals surface area contributed by atoms with E-state index >= 15 is 0 Å². The van der Waals surface area contributed by atoms with Crippen LogP contribution in [0.3, 0.4) is 0 Å². The lowest BCUT2D eigenvalue weighted by Crippen LogP contribution is -2.36. The number of ketones is 1. The number of likely N-dealkylation sites (tertiary alicyclic amines) is 1. The molecule has 2 saturated heterocycles. The van der Waals surface area contributed by atoms with E-state index < -0.39 is 10.0 Å². The Balaban J connectivity index is 1.38. The van der Waals surface area contributed by atoms with Crippen LogP contribution in [-0.2, 0) is 10.0 Å². The number of nitrogens with zero attached hydrogens (tertiary/aromatic N) is 2. The Morgan fingerprint density at radius 3 is 2.22 bits per heavy atom. The van der Waals surface area contributed by atoms with Crippen LogP contribution in [0.5, 0.6) is 0 Å². The molecule has 0 radical (unpaired) electrons. The average molecular weight is 476 g/mol. The highest BCUT2D eigenvalue weighted by Crippen LogP contribution is 2.29. The maximum absolute atomic E-state index is 12.7. The van der Waals surface area contributed by atoms with Crippen LogP contribution in [0.25, 0.3) is 0 Å². The molecular weight excluding hydrogens is 446 g/mol. The van der Waals surface area contributed by atoms with Gasteiger partial charge in [-0.25, -0.2) is 8.42 Å². The number of sulfonamides is 1. The van der Waals surface area contributed by atoms with E-state index in [1.165, 1.54) is 29.3 Å². The van der Waals surface area contributed by atoms with E-state index in [1.807, 2.05) is 24.3 Å². The standard InChI is InChI=1S/C24H30ClN3O3S/c25-22-8-2-1-7-21(22)23(27-13-3-4-14-27)17-26-18-24(29)19-9-11-20(12-10-19)32(30,31)28-15-5-6-16-28/h1-2,7-12,23,26H,3-6,13-18H2. The molecule has 0 amide bonds. The zero-order chi connectivity index (χ0) is 22.6. The minimum absolute atomic E-state index is 0.0607. The minimum atomic E-state index is -3.47. The summed E-state index contributed by atoms with van der Waals surface area (Å²) >= 11 is 6.46. The van der Waals surface area contributed by atoms with Gasteiger partial charge in [0.1, 0.15) is 0 Å². The second kappa shape index (κ2) is 10.4. The normalized spacial score (nSPS) is 18.8. The van der Waals surface area contributed by atoms with Gasteiger partial charge in [-0.2, -0.15) is 4.31 Å². The first-order valence-corrected chi connectivity index (χ1v) is 13.1. The molecule has 2 aliphatic rings. The molecule has 2 aromatic rings. The van der Waals surface area contributed by atoms with Crippen LogP contribution in [-0.4, -0.2) is 62.7 Å². The Hall–Kier alpha value is -1.77. The van der Waals surface area contributed by atoms with Crippen molar-refractivity contribution in [2.45, 2.75) is 36.6 Å². The van der Waals surface area contributed by atoms with Gasteiger partial charge in [0.15, 0.2) is 5.78 Å². The van der Waals surface area contributed by atoms with Gasteiger partial charge < -0.3 is 5.32 Å². The molecule has 4 rings (SSSR count). The highest BCUT2D eigenvalue weighted by molar-refractivity contribution is 7.89. The Morgan fingerprint density at radius 2 is 1.56 bits per heavy atom. The van der Waals surface area contributed by atoms with Gasteiger partial charge in [0, 0.05) is 36.3 Å². The number of nitrogens with one attached hydrogen (secondary N) is 1. The first kappa shape index (κ1) is 23.4. The molecule has 6 nitrogen and oxygen atoms in total. The molecule has 172 valence electrons. The van der Waals surface area contributed by atoms with Gasteiger partial charge in [-0.3, -0.25) is 9.69 Å². The number of carbonyl (C=O) groups excluding carboxylic acids is 1. The number of Topliss-reactive ketones (excluding diaryl/α,β-unsaturated/α-hetero) is 1. The third-order valence-corrected chi connectivity index (χ3v) is 8.61. The number of hydrogen-bond acceptors (Lipinski definition) is 5. The number of rotatable bonds is 9. The van der Waals surface area contributed by atoms with Gasteiger partial charge in [0.2, 0.25) is 10.0 Å². The monoisotopic (exact) mass is 475 g/mol. The third kappa shape index (κ3) is 5.24. The summed E-state index contributed by atoms with van der Waals surface area (Å²) in [6.07, 6.45) is 4.14. The van der Waals surface area contributed by atoms with E-state index in [1.54, 1.807) is 12.1 Å². The summed E-state index contributed by atoms with van der Waals surface area (Å²) in [5, 5.41) is 4.04. The minimum Gasteiger partial charge on any atom is -0.308 e. The molecule has 0 aromatic heterocycles. The Kier molecular flexibility index (Phi) is 7.63. The van der Waals surface area contributed by atoms with Gasteiger partial charge in [-0.15, -0.1) is 0 Å². The summed E-state index contributed by atoms with van der Waals surface area (Å²) in [5.74, 6) is -0.0607. The molecule has 2 aliphatic heterocycles. The average Bonchev–Trinajstić information content (AvgIpc) is 3.52. The zero-order valence-corrected chi connectivity index (χ0v) is 19.7. The van der Waals surface area contributed by atoms with E-state index in [-0.39, 0.29) is 23.3 Å². The summed E-state index contributed by atoms with van der Waals surface area (Å²) in [5.41, 5.74) is 1.58. The van der Waals surface area contributed by atoms with Crippen LogP contribution in [0.4, 0.5) is 0 Å². The van der Waals surface area contributed by atoms with Crippen LogP contribution in [0.1, 0.15) is 47.6 Å². The molecule has 1 atom stereocenters. The van der Waals surface area contributed by atoms with Crippen molar-refractivity contribution in [1.29, 1.82) is 0 Å². The van der Waals surface area contributed by atoms with Gasteiger partial charge in [0.05, 0.1) is 11.4 Å². The molecule has 32 heavy (non-hydrogen) atoms. The van der Waals surface area contributed by atoms with Gasteiger partial charge in [0.25, 0.3) is 0 Å². The van der Waals surface area contributed by atoms with Gasteiger partial charge in [-0.05, 0) is 62.5 Å². The van der Waals surface area contributed by atoms with E-state index in [0.717, 1.165) is 36.5 Å². The fourth-order valence-corrected chi connectivity index (χ4v) is 6.33.